The minimum Gasteiger partial charge on any atom is -0.478 e. The van der Waals surface area contributed by atoms with Gasteiger partial charge in [0.2, 0.25) is 5.95 Å². The average molecular weight is 389 g/mol. The van der Waals surface area contributed by atoms with Gasteiger partial charge in [0.05, 0.1) is 26.8 Å². The van der Waals surface area contributed by atoms with Crippen molar-refractivity contribution in [3.63, 3.8) is 0 Å². The first-order valence-corrected chi connectivity index (χ1v) is 9.18. The number of hydrogen-bond acceptors (Lipinski definition) is 6. The van der Waals surface area contributed by atoms with Gasteiger partial charge in [-0.25, -0.2) is 19.7 Å². The minimum absolute atomic E-state index is 0.237. The van der Waals surface area contributed by atoms with Crippen LogP contribution in [0, 0.1) is 13.8 Å². The molecule has 0 radical (unpaired) electrons. The first kappa shape index (κ1) is 18.3. The number of carboxylic acid groups (broad SMARTS) is 1. The van der Waals surface area contributed by atoms with Crippen LogP contribution in [0.1, 0.15) is 26.6 Å². The number of thiazole rings is 1. The Balaban J connectivity index is 1.73. The van der Waals surface area contributed by atoms with Gasteiger partial charge in [-0.3, -0.25) is 0 Å². The number of rotatable bonds is 6. The number of aryl methyl sites for hydroxylation is 2. The fourth-order valence-corrected chi connectivity index (χ4v) is 3.72. The van der Waals surface area contributed by atoms with E-state index >= 15 is 0 Å². The molecule has 0 saturated heterocycles. The summed E-state index contributed by atoms with van der Waals surface area (Å²) in [7, 11) is 0. The minimum atomic E-state index is -0.961. The third-order valence-corrected chi connectivity index (χ3v) is 5.03. The second kappa shape index (κ2) is 7.80. The van der Waals surface area contributed by atoms with Crippen LogP contribution in [0.2, 0.25) is 0 Å². The Morgan fingerprint density at radius 3 is 2.81 bits per heavy atom. The van der Waals surface area contributed by atoms with Crippen molar-refractivity contribution in [3.8, 4) is 10.6 Å². The molecule has 1 unspecified atom stereocenters. The Bertz CT molecular complexity index is 944. The summed E-state index contributed by atoms with van der Waals surface area (Å²) in [4.78, 5) is 25.2. The highest BCUT2D eigenvalue weighted by Gasteiger charge is 2.13. The lowest BCUT2D eigenvalue weighted by molar-refractivity contribution is 0.0696. The van der Waals surface area contributed by atoms with Gasteiger partial charge in [0.1, 0.15) is 5.50 Å². The van der Waals surface area contributed by atoms with E-state index in [9.17, 15) is 4.79 Å². The zero-order valence-electron chi connectivity index (χ0n) is 14.2. The smallest absolute Gasteiger partial charge is 0.335 e. The molecule has 6 nitrogen and oxygen atoms in total. The molecule has 8 heteroatoms. The van der Waals surface area contributed by atoms with Crippen LogP contribution in [-0.4, -0.2) is 31.5 Å². The van der Waals surface area contributed by atoms with Crippen LogP contribution in [0.5, 0.6) is 0 Å². The topological polar surface area (TPSA) is 88.0 Å². The van der Waals surface area contributed by atoms with E-state index in [1.807, 2.05) is 26.0 Å². The normalized spacial score (nSPS) is 12.0. The Labute approximate surface area is 159 Å². The van der Waals surface area contributed by atoms with E-state index in [2.05, 4.69) is 20.3 Å². The van der Waals surface area contributed by atoms with Crippen LogP contribution in [0.3, 0.4) is 0 Å². The number of nitrogens with zero attached hydrogens (tertiary/aromatic N) is 3. The zero-order chi connectivity index (χ0) is 18.7. The Hall–Kier alpha value is -2.51. The number of alkyl halides is 1. The highest BCUT2D eigenvalue weighted by molar-refractivity contribution is 7.15. The zero-order valence-corrected chi connectivity index (χ0v) is 15.8. The summed E-state index contributed by atoms with van der Waals surface area (Å²) in [5.41, 5.74) is 2.31. The van der Waals surface area contributed by atoms with Gasteiger partial charge >= 0.3 is 5.97 Å². The van der Waals surface area contributed by atoms with Crippen molar-refractivity contribution >= 4 is 34.9 Å². The largest absolute Gasteiger partial charge is 0.478 e. The van der Waals surface area contributed by atoms with Crippen LogP contribution in [0.15, 0.2) is 36.5 Å². The molecule has 0 spiro atoms. The molecule has 0 saturated carbocycles. The molecule has 0 aliphatic carbocycles. The maximum Gasteiger partial charge on any atom is 0.335 e. The molecular formula is C18H17ClN4O2S. The first-order chi connectivity index (χ1) is 12.4. The Kier molecular flexibility index (Phi) is 5.49. The summed E-state index contributed by atoms with van der Waals surface area (Å²) in [6, 6.07) is 8.54. The van der Waals surface area contributed by atoms with Gasteiger partial charge in [0.15, 0.2) is 0 Å². The number of benzene rings is 1. The summed E-state index contributed by atoms with van der Waals surface area (Å²) in [5.74, 6) is -0.542. The SMILES string of the molecule is Cc1nc(C)c(-c2ccnc(NC(Cl)Cc3cccc(C(=O)O)c3)n2)s1. The highest BCUT2D eigenvalue weighted by atomic mass is 35.5. The lowest BCUT2D eigenvalue weighted by Gasteiger charge is -2.12. The molecule has 1 aromatic carbocycles. The number of anilines is 1. The molecule has 3 aromatic rings. The van der Waals surface area contributed by atoms with E-state index in [4.69, 9.17) is 16.7 Å². The van der Waals surface area contributed by atoms with Crippen molar-refractivity contribution in [1.82, 2.24) is 15.0 Å². The Morgan fingerprint density at radius 1 is 1.31 bits per heavy atom. The molecule has 0 aliphatic heterocycles. The highest BCUT2D eigenvalue weighted by Crippen LogP contribution is 2.28. The molecule has 0 bridgehead atoms. The van der Waals surface area contributed by atoms with Crippen molar-refractivity contribution in [3.05, 3.63) is 58.4 Å². The predicted octanol–water partition coefficient (Wildman–Crippen LogP) is 4.13. The van der Waals surface area contributed by atoms with Crippen molar-refractivity contribution in [2.75, 3.05) is 5.32 Å². The number of hydrogen-bond donors (Lipinski definition) is 2. The molecule has 0 fully saturated rings. The second-order valence-electron chi connectivity index (χ2n) is 5.73. The second-order valence-corrected chi connectivity index (χ2v) is 7.46. The number of aromatic nitrogens is 3. The number of carboxylic acids is 1. The quantitative estimate of drug-likeness (QED) is 0.487. The van der Waals surface area contributed by atoms with E-state index in [1.54, 1.807) is 35.7 Å². The monoisotopic (exact) mass is 388 g/mol. The molecule has 0 aliphatic rings. The molecule has 0 amide bonds. The van der Waals surface area contributed by atoms with Crippen LogP contribution in [0.25, 0.3) is 10.6 Å². The van der Waals surface area contributed by atoms with Crippen LogP contribution >= 0.6 is 22.9 Å². The van der Waals surface area contributed by atoms with Crippen LogP contribution < -0.4 is 5.32 Å². The maximum absolute atomic E-state index is 11.1. The van der Waals surface area contributed by atoms with Crippen molar-refractivity contribution in [2.45, 2.75) is 25.8 Å². The van der Waals surface area contributed by atoms with Crippen LogP contribution in [-0.2, 0) is 6.42 Å². The van der Waals surface area contributed by atoms with Crippen molar-refractivity contribution < 1.29 is 9.90 Å². The number of nitrogens with one attached hydrogen (secondary N) is 1. The van der Waals surface area contributed by atoms with Crippen LogP contribution in [0.4, 0.5) is 5.95 Å². The van der Waals surface area contributed by atoms with Crippen molar-refractivity contribution in [1.29, 1.82) is 0 Å². The van der Waals surface area contributed by atoms with Gasteiger partial charge in [-0.2, -0.15) is 0 Å². The number of aromatic carboxylic acids is 1. The summed E-state index contributed by atoms with van der Waals surface area (Å²) >= 11 is 7.95. The molecule has 134 valence electrons. The molecule has 3 rings (SSSR count). The van der Waals surface area contributed by atoms with Gasteiger partial charge in [-0.1, -0.05) is 23.7 Å². The molecule has 2 heterocycles. The van der Waals surface area contributed by atoms with E-state index in [0.29, 0.717) is 12.4 Å². The third kappa shape index (κ3) is 4.36. The number of carbonyl (C=O) groups is 1. The fraction of sp³-hybridized carbons (Fsp3) is 0.222. The fourth-order valence-electron chi connectivity index (χ4n) is 2.55. The van der Waals surface area contributed by atoms with E-state index in [-0.39, 0.29) is 5.56 Å². The summed E-state index contributed by atoms with van der Waals surface area (Å²) in [6.07, 6.45) is 2.11. The molecule has 1 atom stereocenters. The number of halogens is 1. The standard InChI is InChI=1S/C18H17ClN4O2S/c1-10-16(26-11(2)21-10)14-6-7-20-18(22-14)23-15(19)9-12-4-3-5-13(8-12)17(24)25/h3-8,15H,9H2,1-2H3,(H,24,25)(H,20,22,23). The maximum atomic E-state index is 11.1. The van der Waals surface area contributed by atoms with E-state index in [0.717, 1.165) is 26.8 Å². The third-order valence-electron chi connectivity index (χ3n) is 3.67. The lowest BCUT2D eigenvalue weighted by atomic mass is 10.1. The first-order valence-electron chi connectivity index (χ1n) is 7.92. The summed E-state index contributed by atoms with van der Waals surface area (Å²) in [6.45, 7) is 3.91. The Morgan fingerprint density at radius 2 is 2.12 bits per heavy atom. The van der Waals surface area contributed by atoms with Gasteiger partial charge in [0, 0.05) is 12.6 Å². The predicted molar refractivity (Wildman–Crippen MR) is 103 cm³/mol. The summed E-state index contributed by atoms with van der Waals surface area (Å²) < 4.78 is 0. The average Bonchev–Trinajstić information content (AvgIpc) is 2.93. The van der Waals surface area contributed by atoms with Gasteiger partial charge in [0.25, 0.3) is 0 Å². The van der Waals surface area contributed by atoms with E-state index in [1.165, 1.54) is 0 Å². The van der Waals surface area contributed by atoms with Gasteiger partial charge in [-0.15, -0.1) is 11.3 Å². The molecular weight excluding hydrogens is 372 g/mol. The summed E-state index contributed by atoms with van der Waals surface area (Å²) in [5, 5.41) is 13.1. The lowest BCUT2D eigenvalue weighted by Crippen LogP contribution is -2.17. The molecule has 26 heavy (non-hydrogen) atoms. The van der Waals surface area contributed by atoms with Gasteiger partial charge in [-0.05, 0) is 37.6 Å². The molecule has 2 aromatic heterocycles. The van der Waals surface area contributed by atoms with Gasteiger partial charge < -0.3 is 10.4 Å². The van der Waals surface area contributed by atoms with Crippen molar-refractivity contribution in [2.24, 2.45) is 0 Å². The van der Waals surface area contributed by atoms with E-state index < -0.39 is 11.5 Å². The molecule has 2 N–H and O–H groups in total.